The third kappa shape index (κ3) is 4.99. The van der Waals surface area contributed by atoms with Crippen molar-refractivity contribution in [1.82, 2.24) is 10.2 Å². The van der Waals surface area contributed by atoms with Gasteiger partial charge >= 0.3 is 0 Å². The highest BCUT2D eigenvalue weighted by atomic mass is 31.0. The summed E-state index contributed by atoms with van der Waals surface area (Å²) in [6.07, 6.45) is 4.42. The summed E-state index contributed by atoms with van der Waals surface area (Å²) < 4.78 is 0. The second-order valence-corrected chi connectivity index (χ2v) is 9.55. The van der Waals surface area contributed by atoms with Gasteiger partial charge in [0.2, 0.25) is 11.8 Å². The van der Waals surface area contributed by atoms with Crippen LogP contribution >= 0.6 is 9.24 Å². The molecule has 0 radical (unpaired) electrons. The van der Waals surface area contributed by atoms with Crippen LogP contribution in [-0.4, -0.2) is 35.8 Å². The highest BCUT2D eigenvalue weighted by Crippen LogP contribution is 2.41. The third-order valence-electron chi connectivity index (χ3n) is 6.51. The van der Waals surface area contributed by atoms with Crippen molar-refractivity contribution in [3.05, 3.63) is 59.2 Å². The Morgan fingerprint density at radius 2 is 2.03 bits per heavy atom. The Hall–Kier alpha value is -2.23. The molecule has 3 aliphatic heterocycles. The number of nitrogens with one attached hydrogen (secondary N) is 2. The monoisotopic (exact) mass is 437 g/mol. The van der Waals surface area contributed by atoms with Crippen LogP contribution in [0, 0.1) is 12.8 Å². The first-order valence-electron chi connectivity index (χ1n) is 11.2. The molecule has 0 spiro atoms. The number of hydrogen-bond donors (Lipinski definition) is 2. The number of carbonyl (C=O) groups excluding carboxylic acids is 2. The highest BCUT2D eigenvalue weighted by molar-refractivity contribution is 7.27. The molecule has 0 aromatic heterocycles. The van der Waals surface area contributed by atoms with Crippen LogP contribution in [0.1, 0.15) is 48.9 Å². The van der Waals surface area contributed by atoms with Crippen molar-refractivity contribution in [3.63, 3.8) is 0 Å². The first-order chi connectivity index (χ1) is 14.9. The third-order valence-corrected chi connectivity index (χ3v) is 6.87. The lowest BCUT2D eigenvalue weighted by atomic mass is 9.81. The lowest BCUT2D eigenvalue weighted by Gasteiger charge is -2.41. The maximum atomic E-state index is 12.7. The second kappa shape index (κ2) is 9.50. The van der Waals surface area contributed by atoms with Gasteiger partial charge in [-0.2, -0.15) is 0 Å². The fraction of sp³-hybridized carbons (Fsp3) is 0.440. The summed E-state index contributed by atoms with van der Waals surface area (Å²) in [4.78, 5) is 25.5. The predicted molar refractivity (Wildman–Crippen MR) is 129 cm³/mol. The Balaban J connectivity index is 0.000000180. The van der Waals surface area contributed by atoms with Crippen molar-refractivity contribution < 1.29 is 9.59 Å². The predicted octanol–water partition coefficient (Wildman–Crippen LogP) is 3.34. The van der Waals surface area contributed by atoms with E-state index in [2.05, 4.69) is 43.0 Å². The Bertz CT molecular complexity index is 977. The van der Waals surface area contributed by atoms with E-state index in [1.54, 1.807) is 0 Å². The molecule has 2 saturated heterocycles. The minimum atomic E-state index is -0.0319. The van der Waals surface area contributed by atoms with Gasteiger partial charge in [-0.3, -0.25) is 9.59 Å². The fourth-order valence-corrected chi connectivity index (χ4v) is 5.38. The summed E-state index contributed by atoms with van der Waals surface area (Å²) in [6.45, 7) is 5.37. The van der Waals surface area contributed by atoms with Gasteiger partial charge in [-0.1, -0.05) is 30.7 Å². The molecule has 3 aliphatic rings. The van der Waals surface area contributed by atoms with Gasteiger partial charge in [0.15, 0.2) is 0 Å². The van der Waals surface area contributed by atoms with Gasteiger partial charge in [0.05, 0.1) is 12.1 Å². The van der Waals surface area contributed by atoms with E-state index in [1.165, 1.54) is 36.2 Å². The van der Waals surface area contributed by atoms with Crippen LogP contribution in [0.4, 0.5) is 5.69 Å². The van der Waals surface area contributed by atoms with Gasteiger partial charge in [-0.25, -0.2) is 0 Å². The molecule has 2 aromatic carbocycles. The molecule has 5 rings (SSSR count). The van der Waals surface area contributed by atoms with Gasteiger partial charge in [0.25, 0.3) is 0 Å². The molecule has 3 heterocycles. The minimum Gasteiger partial charge on any atom is -0.334 e. The van der Waals surface area contributed by atoms with Crippen molar-refractivity contribution in [3.8, 4) is 0 Å². The zero-order valence-corrected chi connectivity index (χ0v) is 19.5. The summed E-state index contributed by atoms with van der Waals surface area (Å²) in [5, 5.41) is 7.43. The molecule has 2 aromatic rings. The standard InChI is InChI=1S/C16H21N2OP.C9H11NO/c19-16-14-3-1-2-11(9-17-14)15-13-8-12(20)5-4-10(13)6-7-18(15)16;1-7-4-3-5-9(6-7)10-8(2)11/h4-5,8,11,14-15,17H,1-3,6-7,9,20H2;3-6H,1-2H3,(H,10,11). The molecule has 164 valence electrons. The topological polar surface area (TPSA) is 61.4 Å². The molecule has 31 heavy (non-hydrogen) atoms. The largest absolute Gasteiger partial charge is 0.334 e. The summed E-state index contributed by atoms with van der Waals surface area (Å²) in [7, 11) is 2.79. The Morgan fingerprint density at radius 1 is 1.19 bits per heavy atom. The van der Waals surface area contributed by atoms with Crippen LogP contribution < -0.4 is 15.9 Å². The van der Waals surface area contributed by atoms with Crippen molar-refractivity contribution >= 4 is 32.0 Å². The van der Waals surface area contributed by atoms with Crippen molar-refractivity contribution in [1.29, 1.82) is 0 Å². The van der Waals surface area contributed by atoms with E-state index in [0.717, 1.165) is 37.2 Å². The van der Waals surface area contributed by atoms with Crippen molar-refractivity contribution in [2.75, 3.05) is 18.4 Å². The lowest BCUT2D eigenvalue weighted by molar-refractivity contribution is -0.136. The number of rotatable bonds is 1. The zero-order valence-electron chi connectivity index (χ0n) is 18.4. The van der Waals surface area contributed by atoms with Crippen LogP contribution in [0.3, 0.4) is 0 Å². The summed E-state index contributed by atoms with van der Waals surface area (Å²) in [6, 6.07) is 14.8. The van der Waals surface area contributed by atoms with Gasteiger partial charge in [0, 0.05) is 25.7 Å². The van der Waals surface area contributed by atoms with Crippen molar-refractivity contribution in [2.45, 2.75) is 51.6 Å². The number of aryl methyl sites for hydroxylation is 1. The first kappa shape index (κ1) is 22.0. The van der Waals surface area contributed by atoms with E-state index >= 15 is 0 Å². The van der Waals surface area contributed by atoms with E-state index in [9.17, 15) is 9.59 Å². The number of carbonyl (C=O) groups is 2. The van der Waals surface area contributed by atoms with Crippen LogP contribution in [0.25, 0.3) is 0 Å². The van der Waals surface area contributed by atoms with E-state index in [-0.39, 0.29) is 11.9 Å². The normalized spacial score (nSPS) is 24.2. The Labute approximate surface area is 187 Å². The molecule has 2 N–H and O–H groups in total. The summed E-state index contributed by atoms with van der Waals surface area (Å²) in [5.41, 5.74) is 4.84. The SMILES string of the molecule is CC(=O)Nc1cccc(C)c1.O=C1C2CCCC(CN2)C2c3cc(P)ccc3CCN12. The molecule has 2 bridgehead atoms. The molecule has 2 amide bonds. The molecule has 5 nitrogen and oxygen atoms in total. The molecule has 4 atom stereocenters. The number of fused-ring (bicyclic) bond motifs is 7. The number of nitrogens with zero attached hydrogens (tertiary/aromatic N) is 1. The van der Waals surface area contributed by atoms with E-state index in [4.69, 9.17) is 0 Å². The van der Waals surface area contributed by atoms with Gasteiger partial charge in [0.1, 0.15) is 0 Å². The Kier molecular flexibility index (Phi) is 6.74. The molecular weight excluding hydrogens is 405 g/mol. The maximum absolute atomic E-state index is 12.7. The average Bonchev–Trinajstić information content (AvgIpc) is 3.04. The van der Waals surface area contributed by atoms with Gasteiger partial charge in [-0.15, -0.1) is 9.24 Å². The number of anilines is 1. The first-order valence-corrected chi connectivity index (χ1v) is 11.8. The van der Waals surface area contributed by atoms with E-state index in [0.29, 0.717) is 17.9 Å². The molecule has 0 aliphatic carbocycles. The van der Waals surface area contributed by atoms with Gasteiger partial charge in [-0.05, 0) is 72.3 Å². The van der Waals surface area contributed by atoms with Crippen LogP contribution in [0.2, 0.25) is 0 Å². The molecule has 4 unspecified atom stereocenters. The Morgan fingerprint density at radius 3 is 2.81 bits per heavy atom. The van der Waals surface area contributed by atoms with Crippen LogP contribution in [-0.2, 0) is 16.0 Å². The average molecular weight is 438 g/mol. The zero-order chi connectivity index (χ0) is 22.0. The van der Waals surface area contributed by atoms with E-state index in [1.807, 2.05) is 31.2 Å². The van der Waals surface area contributed by atoms with Crippen LogP contribution in [0.5, 0.6) is 0 Å². The van der Waals surface area contributed by atoms with Gasteiger partial charge < -0.3 is 15.5 Å². The number of benzene rings is 2. The molecule has 6 heteroatoms. The summed E-state index contributed by atoms with van der Waals surface area (Å²) >= 11 is 0. The molecular formula is C25H32N3O2P. The molecule has 2 fully saturated rings. The van der Waals surface area contributed by atoms with Crippen molar-refractivity contribution in [2.24, 2.45) is 5.92 Å². The summed E-state index contributed by atoms with van der Waals surface area (Å²) in [5.74, 6) is 0.866. The quantitative estimate of drug-likeness (QED) is 0.673. The highest BCUT2D eigenvalue weighted by Gasteiger charge is 2.42. The second-order valence-electron chi connectivity index (χ2n) is 8.89. The molecule has 0 saturated carbocycles. The number of hydrogen-bond acceptors (Lipinski definition) is 3. The lowest BCUT2D eigenvalue weighted by Crippen LogP contribution is -2.48. The number of amides is 2. The van der Waals surface area contributed by atoms with Crippen LogP contribution in [0.15, 0.2) is 42.5 Å². The fourth-order valence-electron chi connectivity index (χ4n) is 5.11. The maximum Gasteiger partial charge on any atom is 0.240 e. The smallest absolute Gasteiger partial charge is 0.240 e. The van der Waals surface area contributed by atoms with E-state index < -0.39 is 0 Å². The minimum absolute atomic E-state index is 0.0319.